The molecule has 0 aliphatic heterocycles. The van der Waals surface area contributed by atoms with E-state index >= 15 is 0 Å². The first-order valence-corrected chi connectivity index (χ1v) is 10.1. The zero-order chi connectivity index (χ0) is 20.9. The van der Waals surface area contributed by atoms with Gasteiger partial charge < -0.3 is 4.74 Å². The molecule has 150 valence electrons. The molecular formula is C26H25N3O. The zero-order valence-electron chi connectivity index (χ0n) is 17.5. The van der Waals surface area contributed by atoms with Gasteiger partial charge in [0.05, 0.1) is 12.8 Å². The molecule has 30 heavy (non-hydrogen) atoms. The van der Waals surface area contributed by atoms with Crippen molar-refractivity contribution in [2.24, 2.45) is 0 Å². The Morgan fingerprint density at radius 3 is 1.97 bits per heavy atom. The molecule has 0 fully saturated rings. The van der Waals surface area contributed by atoms with Crippen LogP contribution in [0, 0.1) is 13.8 Å². The second-order valence-electron chi connectivity index (χ2n) is 7.48. The summed E-state index contributed by atoms with van der Waals surface area (Å²) in [6.45, 7) is 4.15. The molecule has 4 rings (SSSR count). The Labute approximate surface area is 177 Å². The fourth-order valence-electron chi connectivity index (χ4n) is 4.08. The summed E-state index contributed by atoms with van der Waals surface area (Å²) in [5.41, 5.74) is 7.87. The molecule has 3 aromatic heterocycles. The molecule has 0 saturated carbocycles. The molecule has 3 heterocycles. The molecule has 1 aromatic carbocycles. The number of aryl methyl sites for hydroxylation is 2. The third kappa shape index (κ3) is 4.08. The Kier molecular flexibility index (Phi) is 5.84. The normalized spacial score (nSPS) is 10.9. The van der Waals surface area contributed by atoms with Crippen molar-refractivity contribution in [1.82, 2.24) is 15.0 Å². The average molecular weight is 396 g/mol. The van der Waals surface area contributed by atoms with E-state index in [9.17, 15) is 0 Å². The van der Waals surface area contributed by atoms with Crippen LogP contribution in [0.5, 0.6) is 5.75 Å². The molecular weight excluding hydrogens is 370 g/mol. The van der Waals surface area contributed by atoms with Crippen molar-refractivity contribution in [1.29, 1.82) is 0 Å². The quantitative estimate of drug-likeness (QED) is 0.430. The lowest BCUT2D eigenvalue weighted by Crippen LogP contribution is -2.07. The summed E-state index contributed by atoms with van der Waals surface area (Å²) in [6.07, 6.45) is 10.2. The van der Waals surface area contributed by atoms with Gasteiger partial charge in [-0.2, -0.15) is 0 Å². The summed E-state index contributed by atoms with van der Waals surface area (Å²) >= 11 is 0. The van der Waals surface area contributed by atoms with Crippen LogP contribution in [0.15, 0.2) is 79.5 Å². The van der Waals surface area contributed by atoms with E-state index in [1.165, 1.54) is 16.7 Å². The topological polar surface area (TPSA) is 47.9 Å². The molecule has 0 aliphatic carbocycles. The van der Waals surface area contributed by atoms with E-state index < -0.39 is 0 Å². The Balaban J connectivity index is 1.78. The van der Waals surface area contributed by atoms with Crippen molar-refractivity contribution < 1.29 is 4.74 Å². The maximum atomic E-state index is 5.54. The van der Waals surface area contributed by atoms with Gasteiger partial charge in [0.1, 0.15) is 5.75 Å². The highest BCUT2D eigenvalue weighted by molar-refractivity contribution is 5.67. The fourth-order valence-corrected chi connectivity index (χ4v) is 4.08. The Morgan fingerprint density at radius 1 is 0.833 bits per heavy atom. The number of ether oxygens (including phenoxy) is 1. The number of hydrogen-bond acceptors (Lipinski definition) is 4. The first-order chi connectivity index (χ1) is 14.7. The minimum absolute atomic E-state index is 0.149. The first kappa shape index (κ1) is 19.8. The van der Waals surface area contributed by atoms with Crippen LogP contribution in [0.1, 0.15) is 33.7 Å². The number of rotatable bonds is 6. The second kappa shape index (κ2) is 8.87. The Bertz CT molecular complexity index is 1060. The maximum Gasteiger partial charge on any atom is 0.124 e. The number of pyridine rings is 3. The minimum atomic E-state index is 0.149. The van der Waals surface area contributed by atoms with E-state index in [0.29, 0.717) is 0 Å². The molecule has 0 N–H and O–H groups in total. The van der Waals surface area contributed by atoms with Crippen molar-refractivity contribution >= 4 is 0 Å². The standard InChI is InChI=1S/C26H25N3O/c1-18-13-23(14-19(2)26(18)30-3)25-20(7-6-12-29-25)15-24(21-8-4-10-27-16-21)22-9-5-11-28-17-22/h4-14,16-17,24H,15H2,1-3H3. The average Bonchev–Trinajstić information content (AvgIpc) is 2.78. The summed E-state index contributed by atoms with van der Waals surface area (Å²) < 4.78 is 5.54. The molecule has 4 nitrogen and oxygen atoms in total. The van der Waals surface area contributed by atoms with Gasteiger partial charge in [0.25, 0.3) is 0 Å². The molecule has 4 aromatic rings. The number of hydrogen-bond donors (Lipinski definition) is 0. The van der Waals surface area contributed by atoms with Gasteiger partial charge in [-0.15, -0.1) is 0 Å². The molecule has 0 unspecified atom stereocenters. The van der Waals surface area contributed by atoms with Gasteiger partial charge in [0.2, 0.25) is 0 Å². The van der Waals surface area contributed by atoms with Crippen LogP contribution in [-0.2, 0) is 6.42 Å². The molecule has 0 amide bonds. The summed E-state index contributed by atoms with van der Waals surface area (Å²) in [5, 5.41) is 0. The van der Waals surface area contributed by atoms with Crippen LogP contribution in [0.25, 0.3) is 11.3 Å². The monoisotopic (exact) mass is 395 g/mol. The van der Waals surface area contributed by atoms with E-state index in [4.69, 9.17) is 9.72 Å². The summed E-state index contributed by atoms with van der Waals surface area (Å²) in [5.74, 6) is 1.08. The van der Waals surface area contributed by atoms with Gasteiger partial charge in [-0.3, -0.25) is 15.0 Å². The molecule has 4 heteroatoms. The van der Waals surface area contributed by atoms with Gasteiger partial charge in [-0.25, -0.2) is 0 Å². The third-order valence-electron chi connectivity index (χ3n) is 5.43. The van der Waals surface area contributed by atoms with Crippen LogP contribution in [0.2, 0.25) is 0 Å². The molecule has 0 bridgehead atoms. The molecule has 0 radical (unpaired) electrons. The van der Waals surface area contributed by atoms with E-state index in [0.717, 1.165) is 34.6 Å². The maximum absolute atomic E-state index is 5.54. The van der Waals surface area contributed by atoms with Gasteiger partial charge in [-0.05, 0) is 78.4 Å². The van der Waals surface area contributed by atoms with Crippen molar-refractivity contribution in [2.45, 2.75) is 26.2 Å². The number of methoxy groups -OCH3 is 1. The van der Waals surface area contributed by atoms with Crippen LogP contribution in [-0.4, -0.2) is 22.1 Å². The third-order valence-corrected chi connectivity index (χ3v) is 5.43. The van der Waals surface area contributed by atoms with E-state index in [2.05, 4.69) is 54.1 Å². The number of benzene rings is 1. The van der Waals surface area contributed by atoms with Crippen molar-refractivity contribution in [3.8, 4) is 17.0 Å². The largest absolute Gasteiger partial charge is 0.496 e. The highest BCUT2D eigenvalue weighted by Crippen LogP contribution is 2.34. The Hall–Kier alpha value is -3.53. The lowest BCUT2D eigenvalue weighted by atomic mass is 9.86. The first-order valence-electron chi connectivity index (χ1n) is 10.1. The highest BCUT2D eigenvalue weighted by atomic mass is 16.5. The summed E-state index contributed by atoms with van der Waals surface area (Å²) in [7, 11) is 1.72. The number of aromatic nitrogens is 3. The van der Waals surface area contributed by atoms with Gasteiger partial charge in [0, 0.05) is 42.5 Å². The summed E-state index contributed by atoms with van der Waals surface area (Å²) in [6, 6.07) is 16.7. The second-order valence-corrected chi connectivity index (χ2v) is 7.48. The van der Waals surface area contributed by atoms with Crippen LogP contribution in [0.3, 0.4) is 0 Å². The summed E-state index contributed by atoms with van der Waals surface area (Å²) in [4.78, 5) is 13.4. The van der Waals surface area contributed by atoms with Crippen molar-refractivity contribution in [2.75, 3.05) is 7.11 Å². The molecule has 0 aliphatic rings. The van der Waals surface area contributed by atoms with E-state index in [1.807, 2.05) is 49.2 Å². The molecule has 0 spiro atoms. The lowest BCUT2D eigenvalue weighted by Gasteiger charge is -2.20. The smallest absolute Gasteiger partial charge is 0.124 e. The molecule has 0 saturated heterocycles. The van der Waals surface area contributed by atoms with Gasteiger partial charge in [0.15, 0.2) is 0 Å². The molecule has 0 atom stereocenters. The van der Waals surface area contributed by atoms with Crippen LogP contribution >= 0.6 is 0 Å². The predicted octanol–water partition coefficient (Wildman–Crippen LogP) is 5.54. The van der Waals surface area contributed by atoms with Gasteiger partial charge in [-0.1, -0.05) is 18.2 Å². The highest BCUT2D eigenvalue weighted by Gasteiger charge is 2.19. The minimum Gasteiger partial charge on any atom is -0.496 e. The van der Waals surface area contributed by atoms with Crippen molar-refractivity contribution in [3.63, 3.8) is 0 Å². The Morgan fingerprint density at radius 2 is 1.43 bits per heavy atom. The van der Waals surface area contributed by atoms with Crippen LogP contribution < -0.4 is 4.74 Å². The van der Waals surface area contributed by atoms with E-state index in [-0.39, 0.29) is 5.92 Å². The SMILES string of the molecule is COc1c(C)cc(-c2ncccc2CC(c2cccnc2)c2cccnc2)cc1C. The van der Waals surface area contributed by atoms with Gasteiger partial charge >= 0.3 is 0 Å². The van der Waals surface area contributed by atoms with E-state index in [1.54, 1.807) is 7.11 Å². The fraction of sp³-hybridized carbons (Fsp3) is 0.192. The lowest BCUT2D eigenvalue weighted by molar-refractivity contribution is 0.408. The van der Waals surface area contributed by atoms with Crippen molar-refractivity contribution in [3.05, 3.63) is 107 Å². The number of nitrogens with zero attached hydrogens (tertiary/aromatic N) is 3. The van der Waals surface area contributed by atoms with Crippen LogP contribution in [0.4, 0.5) is 0 Å². The predicted molar refractivity (Wildman–Crippen MR) is 120 cm³/mol. The zero-order valence-corrected chi connectivity index (χ0v) is 17.5.